The maximum atomic E-state index is 14.2. The van der Waals surface area contributed by atoms with Crippen LogP contribution in [0.4, 0.5) is 4.39 Å². The smallest absolute Gasteiger partial charge is 0.352 e. The van der Waals surface area contributed by atoms with Crippen LogP contribution < -0.4 is 4.74 Å². The van der Waals surface area contributed by atoms with Gasteiger partial charge in [-0.2, -0.15) is 5.26 Å². The second kappa shape index (κ2) is 11.1. The van der Waals surface area contributed by atoms with Crippen molar-refractivity contribution >= 4 is 17.1 Å². The minimum atomic E-state index is -1.00. The number of ether oxygens (including phenoxy) is 2. The zero-order valence-corrected chi connectivity index (χ0v) is 21.8. The molecule has 0 aliphatic carbocycles. The average molecular weight is 545 g/mol. The van der Waals surface area contributed by atoms with Crippen LogP contribution in [0, 0.1) is 17.1 Å². The van der Waals surface area contributed by atoms with E-state index in [1.54, 1.807) is 24.3 Å². The lowest BCUT2D eigenvalue weighted by molar-refractivity contribution is -0.0592. The largest absolute Gasteiger partial charge is 0.477 e. The number of likely N-dealkylation sites (tertiary alicyclic amines) is 1. The number of carboxylic acid groups (broad SMARTS) is 1. The van der Waals surface area contributed by atoms with Crippen molar-refractivity contribution in [3.05, 3.63) is 76.6 Å². The van der Waals surface area contributed by atoms with E-state index in [4.69, 9.17) is 24.7 Å². The van der Waals surface area contributed by atoms with Crippen molar-refractivity contribution in [3.63, 3.8) is 0 Å². The Kier molecular flexibility index (Phi) is 7.19. The lowest BCUT2D eigenvalue weighted by atomic mass is 9.93. The maximum Gasteiger partial charge on any atom is 0.352 e. The highest BCUT2D eigenvalue weighted by atomic mass is 19.1. The van der Waals surface area contributed by atoms with Crippen molar-refractivity contribution in [3.8, 4) is 11.9 Å². The Morgan fingerprint density at radius 1 is 1.20 bits per heavy atom. The molecule has 3 aromatic heterocycles. The molecule has 10 nitrogen and oxygen atoms in total. The average Bonchev–Trinajstić information content (AvgIpc) is 3.49. The van der Waals surface area contributed by atoms with Crippen LogP contribution >= 0.6 is 0 Å². The summed E-state index contributed by atoms with van der Waals surface area (Å²) in [6.07, 6.45) is 2.96. The number of nitrogens with zero attached hydrogens (tertiary/aromatic N) is 5. The predicted molar refractivity (Wildman–Crippen MR) is 142 cm³/mol. The quantitative estimate of drug-likeness (QED) is 0.321. The fraction of sp³-hybridized carbons (Fsp3) is 0.379. The number of carbonyl (C=O) groups is 1. The minimum Gasteiger partial charge on any atom is -0.477 e. The third kappa shape index (κ3) is 5.41. The molecule has 5 heterocycles. The number of halogens is 1. The highest BCUT2D eigenvalue weighted by Gasteiger charge is 2.27. The molecule has 0 amide bonds. The van der Waals surface area contributed by atoms with Gasteiger partial charge in [0.25, 0.3) is 0 Å². The Morgan fingerprint density at radius 3 is 2.73 bits per heavy atom. The summed E-state index contributed by atoms with van der Waals surface area (Å²) in [4.78, 5) is 26.2. The number of aromatic nitrogens is 4. The Bertz CT molecular complexity index is 1580. The van der Waals surface area contributed by atoms with Gasteiger partial charge in [-0.15, -0.1) is 0 Å². The number of nitriles is 1. The van der Waals surface area contributed by atoms with Crippen LogP contribution in [0.1, 0.15) is 58.3 Å². The molecule has 206 valence electrons. The number of pyridine rings is 1. The molecule has 2 saturated heterocycles. The number of fused-ring (bicyclic) bond motifs is 1. The molecule has 0 unspecified atom stereocenters. The molecule has 2 N–H and O–H groups in total. The van der Waals surface area contributed by atoms with Gasteiger partial charge in [0.05, 0.1) is 36.3 Å². The van der Waals surface area contributed by atoms with E-state index in [1.165, 1.54) is 6.07 Å². The molecule has 1 aromatic carbocycles. The summed E-state index contributed by atoms with van der Waals surface area (Å²) in [7, 11) is 0. The van der Waals surface area contributed by atoms with Gasteiger partial charge in [-0.25, -0.2) is 19.2 Å². The normalized spacial score (nSPS) is 17.9. The molecule has 2 aliphatic heterocycles. The van der Waals surface area contributed by atoms with Crippen molar-refractivity contribution in [1.82, 2.24) is 24.4 Å². The Hall–Kier alpha value is -4.27. The molecule has 0 bridgehead atoms. The van der Waals surface area contributed by atoms with E-state index in [-0.39, 0.29) is 29.9 Å². The van der Waals surface area contributed by atoms with Crippen molar-refractivity contribution < 1.29 is 23.8 Å². The number of benzene rings is 1. The first kappa shape index (κ1) is 26.0. The van der Waals surface area contributed by atoms with E-state index in [0.29, 0.717) is 30.2 Å². The molecule has 4 aromatic rings. The van der Waals surface area contributed by atoms with Gasteiger partial charge in [-0.1, -0.05) is 12.1 Å². The van der Waals surface area contributed by atoms with E-state index in [1.807, 2.05) is 18.2 Å². The third-order valence-electron chi connectivity index (χ3n) is 7.70. The summed E-state index contributed by atoms with van der Waals surface area (Å²) in [5.74, 6) is 0.151. The number of nitrogens with one attached hydrogen (secondary N) is 1. The monoisotopic (exact) mass is 544 g/mol. The maximum absolute atomic E-state index is 14.2. The van der Waals surface area contributed by atoms with Gasteiger partial charge in [0.15, 0.2) is 5.65 Å². The minimum absolute atomic E-state index is 0.0347. The van der Waals surface area contributed by atoms with Crippen molar-refractivity contribution in [2.45, 2.75) is 51.0 Å². The number of piperidine rings is 1. The number of aromatic carboxylic acids is 1. The third-order valence-corrected chi connectivity index (χ3v) is 7.70. The second-order valence-corrected chi connectivity index (χ2v) is 10.3. The molecule has 11 heteroatoms. The van der Waals surface area contributed by atoms with Gasteiger partial charge in [0, 0.05) is 29.8 Å². The van der Waals surface area contributed by atoms with Crippen LogP contribution in [0.25, 0.3) is 11.2 Å². The summed E-state index contributed by atoms with van der Waals surface area (Å²) >= 11 is 0. The van der Waals surface area contributed by atoms with Crippen LogP contribution in [0.5, 0.6) is 5.88 Å². The molecule has 6 rings (SSSR count). The Balaban J connectivity index is 1.08. The molecular formula is C29H29FN6O4. The first-order valence-electron chi connectivity index (χ1n) is 13.4. The zero-order valence-electron chi connectivity index (χ0n) is 21.8. The number of hydrogen-bond donors (Lipinski definition) is 2. The van der Waals surface area contributed by atoms with Gasteiger partial charge < -0.3 is 24.1 Å². The number of rotatable bonds is 9. The van der Waals surface area contributed by atoms with Gasteiger partial charge in [-0.3, -0.25) is 4.90 Å². The summed E-state index contributed by atoms with van der Waals surface area (Å²) in [5, 5.41) is 18.3. The number of carboxylic acids is 1. The molecule has 0 radical (unpaired) electrons. The zero-order chi connectivity index (χ0) is 27.6. The molecule has 2 aliphatic rings. The number of H-pyrrole nitrogens is 1. The van der Waals surface area contributed by atoms with E-state index in [2.05, 4.69) is 14.5 Å². The van der Waals surface area contributed by atoms with Crippen molar-refractivity contribution in [1.29, 1.82) is 5.26 Å². The van der Waals surface area contributed by atoms with Gasteiger partial charge in [0.1, 0.15) is 23.9 Å². The van der Waals surface area contributed by atoms with Gasteiger partial charge in [0.2, 0.25) is 5.88 Å². The Morgan fingerprint density at radius 2 is 2.02 bits per heavy atom. The second-order valence-electron chi connectivity index (χ2n) is 10.3. The van der Waals surface area contributed by atoms with Crippen LogP contribution in [0.3, 0.4) is 0 Å². The molecular weight excluding hydrogens is 515 g/mol. The van der Waals surface area contributed by atoms with Crippen LogP contribution in [0.2, 0.25) is 0 Å². The number of imidazole rings is 1. The SMILES string of the molecule is N#Cc1ccc(COc2cccc(C3CCN(Cc4nc5[nH]c(C(=O)O)cc5n4C[C@@H]4CCO4)CC3)n2)c(F)c1. The lowest BCUT2D eigenvalue weighted by Gasteiger charge is -2.32. The topological polar surface area (TPSA) is 129 Å². The summed E-state index contributed by atoms with van der Waals surface area (Å²) in [5.41, 5.74) is 3.11. The standard InChI is InChI=1S/C29H29FN6O4/c30-22-12-18(14-31)4-5-20(22)17-40-27-3-1-2-23(32-27)19-6-9-35(10-7-19)16-26-34-28-25(13-24(33-28)29(37)38)36(26)15-21-8-11-39-21/h1-5,12-13,19,21,33H,6-11,15-17H2,(H,37,38)/t21-/m0/s1. The molecule has 1 atom stereocenters. The summed E-state index contributed by atoms with van der Waals surface area (Å²) in [6.45, 7) is 3.85. The predicted octanol–water partition coefficient (Wildman–Crippen LogP) is 4.22. The molecule has 2 fully saturated rings. The first-order valence-corrected chi connectivity index (χ1v) is 13.4. The van der Waals surface area contributed by atoms with E-state index in [9.17, 15) is 14.3 Å². The van der Waals surface area contributed by atoms with Crippen LogP contribution in [-0.2, 0) is 24.4 Å². The highest BCUT2D eigenvalue weighted by molar-refractivity contribution is 5.91. The van der Waals surface area contributed by atoms with Crippen LogP contribution in [-0.4, -0.2) is 61.3 Å². The first-order chi connectivity index (χ1) is 19.5. The van der Waals surface area contributed by atoms with E-state index < -0.39 is 11.8 Å². The summed E-state index contributed by atoms with van der Waals surface area (Å²) < 4.78 is 27.7. The fourth-order valence-corrected chi connectivity index (χ4v) is 5.33. The highest BCUT2D eigenvalue weighted by Crippen LogP contribution is 2.30. The van der Waals surface area contributed by atoms with Crippen molar-refractivity contribution in [2.75, 3.05) is 19.7 Å². The molecule has 0 saturated carbocycles. The fourth-order valence-electron chi connectivity index (χ4n) is 5.33. The van der Waals surface area contributed by atoms with Crippen LogP contribution in [0.15, 0.2) is 42.5 Å². The number of aromatic amines is 1. The lowest BCUT2D eigenvalue weighted by Crippen LogP contribution is -2.35. The van der Waals surface area contributed by atoms with E-state index >= 15 is 0 Å². The van der Waals surface area contributed by atoms with Gasteiger partial charge >= 0.3 is 5.97 Å². The number of hydrogen-bond acceptors (Lipinski definition) is 7. The van der Waals surface area contributed by atoms with Crippen molar-refractivity contribution in [2.24, 2.45) is 0 Å². The van der Waals surface area contributed by atoms with E-state index in [0.717, 1.165) is 56.0 Å². The van der Waals surface area contributed by atoms with Gasteiger partial charge in [-0.05, 0) is 56.6 Å². The molecule has 0 spiro atoms. The summed E-state index contributed by atoms with van der Waals surface area (Å²) in [6, 6.07) is 13.6. The molecule has 40 heavy (non-hydrogen) atoms. The Labute approximate surface area is 230 Å².